The van der Waals surface area contributed by atoms with E-state index in [1.54, 1.807) is 0 Å². The number of nitriles is 1. The molecule has 0 amide bonds. The molecular formula is C18H18N2O2. The normalized spacial score (nSPS) is 22.7. The van der Waals surface area contributed by atoms with Gasteiger partial charge >= 0.3 is 0 Å². The molecule has 0 radical (unpaired) electrons. The van der Waals surface area contributed by atoms with Gasteiger partial charge in [0.1, 0.15) is 11.8 Å². The van der Waals surface area contributed by atoms with Gasteiger partial charge in [-0.15, -0.1) is 0 Å². The van der Waals surface area contributed by atoms with Crippen LogP contribution < -0.4 is 5.73 Å². The lowest BCUT2D eigenvalue weighted by Gasteiger charge is -2.34. The van der Waals surface area contributed by atoms with Gasteiger partial charge in [0.05, 0.1) is 5.57 Å². The molecule has 2 atom stereocenters. The van der Waals surface area contributed by atoms with Gasteiger partial charge in [-0.2, -0.15) is 5.26 Å². The van der Waals surface area contributed by atoms with Crippen LogP contribution in [0, 0.1) is 17.2 Å². The minimum atomic E-state index is -0.316. The van der Waals surface area contributed by atoms with Crippen molar-refractivity contribution in [3.63, 3.8) is 0 Å². The molecule has 4 nitrogen and oxygen atoms in total. The molecule has 0 saturated heterocycles. The number of allylic oxidation sites excluding steroid dienone is 3. The molecule has 3 rings (SSSR count). The molecular weight excluding hydrogens is 276 g/mol. The number of carbonyl (C=O) groups is 1. The molecule has 2 aliphatic rings. The van der Waals surface area contributed by atoms with E-state index in [0.717, 1.165) is 12.0 Å². The molecule has 1 aliphatic carbocycles. The number of ether oxygens (including phenoxy) is 1. The highest BCUT2D eigenvalue weighted by Crippen LogP contribution is 2.44. The van der Waals surface area contributed by atoms with Crippen LogP contribution in [0.1, 0.15) is 37.7 Å². The second-order valence-corrected chi connectivity index (χ2v) is 5.78. The number of rotatable bonds is 2. The highest BCUT2D eigenvalue weighted by atomic mass is 16.5. The first-order chi connectivity index (χ1) is 10.6. The molecule has 22 heavy (non-hydrogen) atoms. The Hall–Kier alpha value is -2.54. The lowest BCUT2D eigenvalue weighted by Crippen LogP contribution is -2.31. The van der Waals surface area contributed by atoms with Crippen LogP contribution in [0.15, 0.2) is 53.1 Å². The van der Waals surface area contributed by atoms with Gasteiger partial charge in [0.15, 0.2) is 5.78 Å². The summed E-state index contributed by atoms with van der Waals surface area (Å²) in [5.74, 6) is 0.549. The van der Waals surface area contributed by atoms with E-state index in [1.807, 2.05) is 37.3 Å². The SMILES string of the molecule is C[C@H](c1ccccc1)[C@H]1C(C#N)=C(N)OC2=C1C(=O)CCC2. The number of Topliss-reactive ketones (excluding diaryl/α,β-unsaturated/α-hetero) is 1. The van der Waals surface area contributed by atoms with E-state index in [0.29, 0.717) is 29.7 Å². The van der Waals surface area contributed by atoms with Gasteiger partial charge < -0.3 is 10.5 Å². The van der Waals surface area contributed by atoms with E-state index in [-0.39, 0.29) is 23.5 Å². The largest absolute Gasteiger partial charge is 0.444 e. The topological polar surface area (TPSA) is 76.1 Å². The number of nitrogens with zero attached hydrogens (tertiary/aromatic N) is 1. The van der Waals surface area contributed by atoms with E-state index < -0.39 is 0 Å². The smallest absolute Gasteiger partial charge is 0.204 e. The number of benzene rings is 1. The van der Waals surface area contributed by atoms with Crippen LogP contribution in [-0.2, 0) is 9.53 Å². The number of carbonyl (C=O) groups excluding carboxylic acids is 1. The molecule has 1 aromatic rings. The summed E-state index contributed by atoms with van der Waals surface area (Å²) in [7, 11) is 0. The summed E-state index contributed by atoms with van der Waals surface area (Å²) in [6.07, 6.45) is 2.00. The summed E-state index contributed by atoms with van der Waals surface area (Å²) in [6, 6.07) is 12.0. The van der Waals surface area contributed by atoms with Gasteiger partial charge in [-0.25, -0.2) is 0 Å². The van der Waals surface area contributed by atoms with Crippen molar-refractivity contribution in [2.75, 3.05) is 0 Å². The van der Waals surface area contributed by atoms with Crippen molar-refractivity contribution in [3.05, 3.63) is 58.7 Å². The Balaban J connectivity index is 2.11. The third-order valence-electron chi connectivity index (χ3n) is 4.47. The third kappa shape index (κ3) is 2.29. The van der Waals surface area contributed by atoms with E-state index in [2.05, 4.69) is 6.07 Å². The Morgan fingerprint density at radius 3 is 2.73 bits per heavy atom. The van der Waals surface area contributed by atoms with E-state index >= 15 is 0 Å². The van der Waals surface area contributed by atoms with Crippen molar-refractivity contribution in [3.8, 4) is 6.07 Å². The van der Waals surface area contributed by atoms with Crippen LogP contribution in [0.5, 0.6) is 0 Å². The molecule has 1 aromatic carbocycles. The zero-order valence-electron chi connectivity index (χ0n) is 12.5. The fourth-order valence-corrected chi connectivity index (χ4v) is 3.35. The lowest BCUT2D eigenvalue weighted by molar-refractivity contribution is -0.117. The van der Waals surface area contributed by atoms with Crippen molar-refractivity contribution in [1.29, 1.82) is 5.26 Å². The molecule has 0 saturated carbocycles. The highest BCUT2D eigenvalue weighted by molar-refractivity contribution is 5.98. The summed E-state index contributed by atoms with van der Waals surface area (Å²) in [5, 5.41) is 9.50. The van der Waals surface area contributed by atoms with Gasteiger partial charge in [-0.3, -0.25) is 4.79 Å². The van der Waals surface area contributed by atoms with Gasteiger partial charge in [0.2, 0.25) is 5.88 Å². The van der Waals surface area contributed by atoms with E-state index in [1.165, 1.54) is 0 Å². The minimum Gasteiger partial charge on any atom is -0.444 e. The van der Waals surface area contributed by atoms with Gasteiger partial charge in [-0.05, 0) is 17.9 Å². The maximum absolute atomic E-state index is 12.4. The van der Waals surface area contributed by atoms with Crippen LogP contribution in [0.3, 0.4) is 0 Å². The van der Waals surface area contributed by atoms with Crippen LogP contribution >= 0.6 is 0 Å². The summed E-state index contributed by atoms with van der Waals surface area (Å²) in [4.78, 5) is 12.4. The fraction of sp³-hybridized carbons (Fsp3) is 0.333. The molecule has 0 bridgehead atoms. The van der Waals surface area contributed by atoms with Crippen molar-refractivity contribution in [1.82, 2.24) is 0 Å². The fourth-order valence-electron chi connectivity index (χ4n) is 3.35. The Labute approximate surface area is 129 Å². The van der Waals surface area contributed by atoms with Crippen LogP contribution in [0.4, 0.5) is 0 Å². The molecule has 0 fully saturated rings. The zero-order valence-corrected chi connectivity index (χ0v) is 12.5. The maximum Gasteiger partial charge on any atom is 0.204 e. The van der Waals surface area contributed by atoms with E-state index in [9.17, 15) is 10.1 Å². The number of ketones is 1. The monoisotopic (exact) mass is 294 g/mol. The summed E-state index contributed by atoms with van der Waals surface area (Å²) < 4.78 is 5.57. The molecule has 2 N–H and O–H groups in total. The average molecular weight is 294 g/mol. The second kappa shape index (κ2) is 5.69. The molecule has 0 spiro atoms. The van der Waals surface area contributed by atoms with Crippen molar-refractivity contribution in [2.45, 2.75) is 32.1 Å². The maximum atomic E-state index is 12.4. The number of nitrogens with two attached hydrogens (primary N) is 1. The van der Waals surface area contributed by atoms with Gasteiger partial charge in [-0.1, -0.05) is 37.3 Å². The Morgan fingerprint density at radius 2 is 2.05 bits per heavy atom. The number of hydrogen-bond acceptors (Lipinski definition) is 4. The molecule has 0 unspecified atom stereocenters. The highest BCUT2D eigenvalue weighted by Gasteiger charge is 2.40. The summed E-state index contributed by atoms with van der Waals surface area (Å²) >= 11 is 0. The summed E-state index contributed by atoms with van der Waals surface area (Å²) in [6.45, 7) is 2.03. The van der Waals surface area contributed by atoms with Gasteiger partial charge in [0, 0.05) is 24.3 Å². The van der Waals surface area contributed by atoms with Crippen LogP contribution in [0.2, 0.25) is 0 Å². The predicted octanol–water partition coefficient (Wildman–Crippen LogP) is 3.14. The van der Waals surface area contributed by atoms with Crippen LogP contribution in [-0.4, -0.2) is 5.78 Å². The first-order valence-electron chi connectivity index (χ1n) is 7.52. The Bertz CT molecular complexity index is 710. The molecule has 1 aliphatic heterocycles. The zero-order chi connectivity index (χ0) is 15.7. The quantitative estimate of drug-likeness (QED) is 0.909. The molecule has 1 heterocycles. The first kappa shape index (κ1) is 14.4. The lowest BCUT2D eigenvalue weighted by atomic mass is 9.73. The van der Waals surface area contributed by atoms with Crippen molar-refractivity contribution < 1.29 is 9.53 Å². The van der Waals surface area contributed by atoms with Crippen molar-refractivity contribution >= 4 is 5.78 Å². The molecule has 112 valence electrons. The second-order valence-electron chi connectivity index (χ2n) is 5.78. The van der Waals surface area contributed by atoms with E-state index in [4.69, 9.17) is 10.5 Å². The molecule has 4 heteroatoms. The van der Waals surface area contributed by atoms with Crippen LogP contribution in [0.25, 0.3) is 0 Å². The first-order valence-corrected chi connectivity index (χ1v) is 7.52. The molecule has 0 aromatic heterocycles. The Morgan fingerprint density at radius 1 is 1.32 bits per heavy atom. The predicted molar refractivity (Wildman–Crippen MR) is 82.1 cm³/mol. The number of hydrogen-bond donors (Lipinski definition) is 1. The van der Waals surface area contributed by atoms with Crippen molar-refractivity contribution in [2.24, 2.45) is 11.7 Å². The Kier molecular flexibility index (Phi) is 3.72. The standard InChI is InChI=1S/C18H18N2O2/c1-11(12-6-3-2-4-7-12)16-13(10-19)18(20)22-15-9-5-8-14(21)17(15)16/h2-4,6-7,11,16H,5,8-9,20H2,1H3/t11-,16+/m1/s1. The summed E-state index contributed by atoms with van der Waals surface area (Å²) in [5.41, 5.74) is 8.03. The minimum absolute atomic E-state index is 0.00894. The third-order valence-corrected chi connectivity index (χ3v) is 4.47. The van der Waals surface area contributed by atoms with Gasteiger partial charge in [0.25, 0.3) is 0 Å². The average Bonchev–Trinajstić information content (AvgIpc) is 2.54.